The van der Waals surface area contributed by atoms with E-state index in [9.17, 15) is 9.90 Å². The molecule has 1 N–H and O–H groups in total. The molecule has 112 valence electrons. The van der Waals surface area contributed by atoms with Crippen molar-refractivity contribution in [3.8, 4) is 5.75 Å². The highest BCUT2D eigenvalue weighted by Crippen LogP contribution is 2.35. The van der Waals surface area contributed by atoms with Crippen LogP contribution in [-0.4, -0.2) is 21.4 Å². The fourth-order valence-corrected chi connectivity index (χ4v) is 3.25. The minimum atomic E-state index is -0.617. The van der Waals surface area contributed by atoms with E-state index in [1.807, 2.05) is 13.8 Å². The molecule has 1 fully saturated rings. The van der Waals surface area contributed by atoms with Crippen molar-refractivity contribution in [2.45, 2.75) is 51.2 Å². The van der Waals surface area contributed by atoms with Crippen LogP contribution in [0.15, 0.2) is 21.5 Å². The van der Waals surface area contributed by atoms with Crippen LogP contribution in [0.4, 0.5) is 0 Å². The first-order valence-electron chi connectivity index (χ1n) is 7.02. The number of hydrogen-bond donors (Lipinski definition) is 1. The predicted molar refractivity (Wildman–Crippen MR) is 82.1 cm³/mol. The van der Waals surface area contributed by atoms with Crippen molar-refractivity contribution in [2.24, 2.45) is 13.0 Å². The van der Waals surface area contributed by atoms with Gasteiger partial charge in [0.2, 0.25) is 0 Å². The Morgan fingerprint density at radius 3 is 2.50 bits per heavy atom. The molecular weight excluding hydrogens is 322 g/mol. The standard InChI is InChI=1S/C15H22BrNO3/c1-15(2,19)10-4-6-11(7-5-10)20-13-8-14(18)17(3)9-12(13)16/h8-11,19H,4-7H2,1-3H3/t10-,11-. The second-order valence-corrected chi connectivity index (χ2v) is 7.03. The van der Waals surface area contributed by atoms with Crippen molar-refractivity contribution < 1.29 is 9.84 Å². The van der Waals surface area contributed by atoms with Gasteiger partial charge in [-0.25, -0.2) is 0 Å². The summed E-state index contributed by atoms with van der Waals surface area (Å²) >= 11 is 3.43. The molecular formula is C15H22BrNO3. The lowest BCUT2D eigenvalue weighted by molar-refractivity contribution is -0.0152. The Morgan fingerprint density at radius 1 is 1.35 bits per heavy atom. The van der Waals surface area contributed by atoms with E-state index in [1.54, 1.807) is 13.2 Å². The first kappa shape index (κ1) is 15.6. The third kappa shape index (κ3) is 3.64. The van der Waals surface area contributed by atoms with E-state index in [1.165, 1.54) is 10.6 Å². The number of ether oxygens (including phenoxy) is 1. The number of aromatic nitrogens is 1. The van der Waals surface area contributed by atoms with E-state index < -0.39 is 5.60 Å². The molecule has 1 aromatic heterocycles. The number of aryl methyl sites for hydroxylation is 1. The minimum Gasteiger partial charge on any atom is -0.489 e. The Balaban J connectivity index is 2.00. The van der Waals surface area contributed by atoms with Crippen molar-refractivity contribution >= 4 is 15.9 Å². The fourth-order valence-electron chi connectivity index (χ4n) is 2.74. The van der Waals surface area contributed by atoms with E-state index in [0.717, 1.165) is 30.2 Å². The number of hydrogen-bond acceptors (Lipinski definition) is 3. The maximum Gasteiger partial charge on any atom is 0.254 e. The molecule has 0 aliphatic heterocycles. The second kappa shape index (κ2) is 5.90. The van der Waals surface area contributed by atoms with Gasteiger partial charge in [0.1, 0.15) is 5.75 Å². The zero-order chi connectivity index (χ0) is 14.9. The van der Waals surface area contributed by atoms with Gasteiger partial charge in [0, 0.05) is 19.3 Å². The van der Waals surface area contributed by atoms with Crippen molar-refractivity contribution in [2.75, 3.05) is 0 Å². The molecule has 1 aliphatic rings. The fraction of sp³-hybridized carbons (Fsp3) is 0.667. The van der Waals surface area contributed by atoms with Gasteiger partial charge in [-0.2, -0.15) is 0 Å². The molecule has 0 saturated heterocycles. The lowest BCUT2D eigenvalue weighted by atomic mass is 9.78. The molecule has 1 saturated carbocycles. The normalized spacial score (nSPS) is 23.6. The lowest BCUT2D eigenvalue weighted by Gasteiger charge is -2.35. The van der Waals surface area contributed by atoms with Crippen LogP contribution >= 0.6 is 15.9 Å². The van der Waals surface area contributed by atoms with E-state index in [4.69, 9.17) is 4.74 Å². The van der Waals surface area contributed by atoms with Crippen LogP contribution in [0.25, 0.3) is 0 Å². The summed E-state index contributed by atoms with van der Waals surface area (Å²) < 4.78 is 8.25. The van der Waals surface area contributed by atoms with Crippen LogP contribution in [0.5, 0.6) is 5.75 Å². The van der Waals surface area contributed by atoms with Crippen molar-refractivity contribution in [1.82, 2.24) is 4.57 Å². The number of nitrogens with zero attached hydrogens (tertiary/aromatic N) is 1. The van der Waals surface area contributed by atoms with E-state index in [0.29, 0.717) is 11.7 Å². The highest BCUT2D eigenvalue weighted by molar-refractivity contribution is 9.10. The van der Waals surface area contributed by atoms with Gasteiger partial charge in [0.25, 0.3) is 5.56 Å². The molecule has 1 heterocycles. The Morgan fingerprint density at radius 2 is 1.95 bits per heavy atom. The third-order valence-corrected chi connectivity index (χ3v) is 4.71. The zero-order valence-electron chi connectivity index (χ0n) is 12.2. The summed E-state index contributed by atoms with van der Waals surface area (Å²) in [6.07, 6.45) is 5.58. The van der Waals surface area contributed by atoms with Gasteiger partial charge in [-0.1, -0.05) is 0 Å². The van der Waals surface area contributed by atoms with Gasteiger partial charge in [0.05, 0.1) is 16.2 Å². The molecule has 0 aromatic carbocycles. The monoisotopic (exact) mass is 343 g/mol. The molecule has 0 amide bonds. The molecule has 0 atom stereocenters. The van der Waals surface area contributed by atoms with Gasteiger partial charge in [0.15, 0.2) is 0 Å². The molecule has 20 heavy (non-hydrogen) atoms. The zero-order valence-corrected chi connectivity index (χ0v) is 13.8. The van der Waals surface area contributed by atoms with Crippen molar-refractivity contribution in [3.05, 3.63) is 27.1 Å². The molecule has 0 spiro atoms. The molecule has 0 unspecified atom stereocenters. The maximum absolute atomic E-state index is 11.6. The van der Waals surface area contributed by atoms with Crippen molar-refractivity contribution in [1.29, 1.82) is 0 Å². The number of aliphatic hydroxyl groups is 1. The molecule has 1 aromatic rings. The van der Waals surface area contributed by atoms with Gasteiger partial charge in [-0.3, -0.25) is 4.79 Å². The Labute approximate surface area is 127 Å². The van der Waals surface area contributed by atoms with Crippen LogP contribution in [0.1, 0.15) is 39.5 Å². The summed E-state index contributed by atoms with van der Waals surface area (Å²) in [7, 11) is 1.71. The summed E-state index contributed by atoms with van der Waals surface area (Å²) in [5.74, 6) is 0.939. The first-order chi connectivity index (χ1) is 9.27. The van der Waals surface area contributed by atoms with Crippen molar-refractivity contribution in [3.63, 3.8) is 0 Å². The van der Waals surface area contributed by atoms with Crippen LogP contribution < -0.4 is 10.3 Å². The highest BCUT2D eigenvalue weighted by atomic mass is 79.9. The minimum absolute atomic E-state index is 0.0756. The number of halogens is 1. The lowest BCUT2D eigenvalue weighted by Crippen LogP contribution is -2.36. The Kier molecular flexibility index (Phi) is 4.59. The predicted octanol–water partition coefficient (Wildman–Crippen LogP) is 2.86. The van der Waals surface area contributed by atoms with Crippen LogP contribution in [0.3, 0.4) is 0 Å². The topological polar surface area (TPSA) is 51.5 Å². The SMILES string of the molecule is Cn1cc(Br)c(O[C@H]2CC[C@H](C(C)(C)O)CC2)cc1=O. The summed E-state index contributed by atoms with van der Waals surface area (Å²) in [5.41, 5.74) is -0.692. The number of rotatable bonds is 3. The molecule has 5 heteroatoms. The largest absolute Gasteiger partial charge is 0.489 e. The van der Waals surface area contributed by atoms with Gasteiger partial charge in [-0.05, 0) is 61.4 Å². The first-order valence-corrected chi connectivity index (χ1v) is 7.82. The molecule has 0 bridgehead atoms. The average Bonchev–Trinajstić information content (AvgIpc) is 2.35. The maximum atomic E-state index is 11.6. The van der Waals surface area contributed by atoms with E-state index in [-0.39, 0.29) is 11.7 Å². The third-order valence-electron chi connectivity index (χ3n) is 4.11. The summed E-state index contributed by atoms with van der Waals surface area (Å²) in [5, 5.41) is 10.0. The number of pyridine rings is 1. The molecule has 4 nitrogen and oxygen atoms in total. The van der Waals surface area contributed by atoms with Crippen LogP contribution in [-0.2, 0) is 7.05 Å². The van der Waals surface area contributed by atoms with Gasteiger partial charge < -0.3 is 14.4 Å². The average molecular weight is 344 g/mol. The quantitative estimate of drug-likeness (QED) is 0.917. The van der Waals surface area contributed by atoms with E-state index >= 15 is 0 Å². The molecule has 1 aliphatic carbocycles. The smallest absolute Gasteiger partial charge is 0.254 e. The Hall–Kier alpha value is -0.810. The van der Waals surface area contributed by atoms with Crippen LogP contribution in [0, 0.1) is 5.92 Å². The summed E-state index contributed by atoms with van der Waals surface area (Å²) in [6.45, 7) is 3.74. The summed E-state index contributed by atoms with van der Waals surface area (Å²) in [6, 6.07) is 1.52. The second-order valence-electron chi connectivity index (χ2n) is 6.18. The molecule has 2 rings (SSSR count). The van der Waals surface area contributed by atoms with Gasteiger partial charge >= 0.3 is 0 Å². The van der Waals surface area contributed by atoms with E-state index in [2.05, 4.69) is 15.9 Å². The molecule has 0 radical (unpaired) electrons. The Bertz CT molecular complexity index is 525. The van der Waals surface area contributed by atoms with Gasteiger partial charge in [-0.15, -0.1) is 0 Å². The summed E-state index contributed by atoms with van der Waals surface area (Å²) in [4.78, 5) is 11.6. The highest BCUT2D eigenvalue weighted by Gasteiger charge is 2.32. The van der Waals surface area contributed by atoms with Crippen LogP contribution in [0.2, 0.25) is 0 Å².